The first-order valence-electron chi connectivity index (χ1n) is 7.98. The average molecular weight is 467 g/mol. The van der Waals surface area contributed by atoms with Crippen LogP contribution in [0.3, 0.4) is 0 Å². The topological polar surface area (TPSA) is 64.0 Å². The van der Waals surface area contributed by atoms with Crippen LogP contribution in [0.15, 0.2) is 29.3 Å². The minimum atomic E-state index is -0.203. The second-order valence-corrected chi connectivity index (χ2v) is 8.14. The van der Waals surface area contributed by atoms with Crippen LogP contribution in [-0.4, -0.2) is 15.5 Å². The lowest BCUT2D eigenvalue weighted by atomic mass is 10.2. The number of hydrogen-bond donors (Lipinski definition) is 1. The molecule has 5 nitrogen and oxygen atoms in total. The number of anilines is 1. The Morgan fingerprint density at radius 3 is 2.80 bits per heavy atom. The Hall–Kier alpha value is -1.74. The first-order valence-corrected chi connectivity index (χ1v) is 9.88. The van der Waals surface area contributed by atoms with E-state index in [9.17, 15) is 9.59 Å². The van der Waals surface area contributed by atoms with Crippen molar-refractivity contribution < 1.29 is 4.79 Å². The second-order valence-electron chi connectivity index (χ2n) is 5.89. The van der Waals surface area contributed by atoms with E-state index < -0.39 is 0 Å². The van der Waals surface area contributed by atoms with Crippen molar-refractivity contribution in [3.63, 3.8) is 0 Å². The van der Waals surface area contributed by atoms with Crippen molar-refractivity contribution in [2.24, 2.45) is 0 Å². The summed E-state index contributed by atoms with van der Waals surface area (Å²) in [6, 6.07) is 5.86. The number of aromatic nitrogens is 2. The van der Waals surface area contributed by atoms with Crippen molar-refractivity contribution >= 4 is 55.7 Å². The van der Waals surface area contributed by atoms with Gasteiger partial charge in [0.1, 0.15) is 4.83 Å². The zero-order valence-electron chi connectivity index (χ0n) is 14.2. The average Bonchev–Trinajstić information content (AvgIpc) is 2.90. The van der Waals surface area contributed by atoms with Gasteiger partial charge in [-0.05, 0) is 72.2 Å². The molecule has 0 saturated heterocycles. The van der Waals surface area contributed by atoms with E-state index in [0.29, 0.717) is 27.2 Å². The molecule has 0 bridgehead atoms. The van der Waals surface area contributed by atoms with Crippen LogP contribution >= 0.6 is 33.9 Å². The largest absolute Gasteiger partial charge is 0.321 e. The lowest BCUT2D eigenvalue weighted by molar-refractivity contribution is 0.103. The predicted molar refractivity (Wildman–Crippen MR) is 111 cm³/mol. The molecule has 3 rings (SSSR count). The molecular formula is C18H18IN3O2S. The van der Waals surface area contributed by atoms with Crippen LogP contribution in [0.5, 0.6) is 0 Å². The van der Waals surface area contributed by atoms with Gasteiger partial charge < -0.3 is 5.32 Å². The highest BCUT2D eigenvalue weighted by molar-refractivity contribution is 14.1. The molecule has 0 aliphatic rings. The molecule has 2 aromatic heterocycles. The number of carbonyl (C=O) groups is 1. The summed E-state index contributed by atoms with van der Waals surface area (Å²) in [5.74, 6) is -0.203. The molecule has 1 aromatic carbocycles. The molecular weight excluding hydrogens is 449 g/mol. The van der Waals surface area contributed by atoms with Crippen molar-refractivity contribution in [3.05, 3.63) is 54.5 Å². The summed E-state index contributed by atoms with van der Waals surface area (Å²) in [5, 5.41) is 3.49. The summed E-state index contributed by atoms with van der Waals surface area (Å²) < 4.78 is 2.72. The Kier molecular flexibility index (Phi) is 5.24. The number of rotatable bonds is 4. The number of hydrogen-bond acceptors (Lipinski definition) is 4. The lowest BCUT2D eigenvalue weighted by Crippen LogP contribution is -2.20. The van der Waals surface area contributed by atoms with Gasteiger partial charge >= 0.3 is 0 Å². The zero-order chi connectivity index (χ0) is 18.1. The predicted octanol–water partition coefficient (Wildman–Crippen LogP) is 4.34. The fourth-order valence-electron chi connectivity index (χ4n) is 2.72. The number of thiophene rings is 1. The fraction of sp³-hybridized carbons (Fsp3) is 0.278. The first-order chi connectivity index (χ1) is 11.9. The monoisotopic (exact) mass is 467 g/mol. The van der Waals surface area contributed by atoms with Gasteiger partial charge in [-0.15, -0.1) is 11.3 Å². The maximum atomic E-state index is 12.7. The number of fused-ring (bicyclic) bond motifs is 1. The minimum absolute atomic E-state index is 0.0786. The van der Waals surface area contributed by atoms with E-state index in [0.717, 1.165) is 21.2 Å². The number of aryl methyl sites for hydroxylation is 3. The normalized spacial score (nSPS) is 11.0. The van der Waals surface area contributed by atoms with E-state index in [1.54, 1.807) is 10.9 Å². The van der Waals surface area contributed by atoms with Crippen molar-refractivity contribution in [3.8, 4) is 0 Å². The van der Waals surface area contributed by atoms with E-state index in [1.807, 2.05) is 39.0 Å². The Balaban J connectivity index is 2.01. The summed E-state index contributed by atoms with van der Waals surface area (Å²) in [7, 11) is 0. The molecule has 2 heterocycles. The van der Waals surface area contributed by atoms with Gasteiger partial charge in [0.05, 0.1) is 16.6 Å². The van der Waals surface area contributed by atoms with Gasteiger partial charge in [-0.25, -0.2) is 4.98 Å². The molecule has 0 spiro atoms. The molecule has 7 heteroatoms. The third kappa shape index (κ3) is 3.48. The van der Waals surface area contributed by atoms with Gasteiger partial charge in [0.15, 0.2) is 0 Å². The number of halogens is 1. The molecule has 3 aromatic rings. The van der Waals surface area contributed by atoms with Gasteiger partial charge in [-0.2, -0.15) is 0 Å². The third-order valence-electron chi connectivity index (χ3n) is 4.02. The lowest BCUT2D eigenvalue weighted by Gasteiger charge is -2.08. The molecule has 0 aliphatic heterocycles. The van der Waals surface area contributed by atoms with Crippen LogP contribution in [0.25, 0.3) is 10.2 Å². The molecule has 0 atom stereocenters. The summed E-state index contributed by atoms with van der Waals surface area (Å²) in [6.07, 6.45) is 2.42. The molecule has 0 saturated carbocycles. The maximum absolute atomic E-state index is 12.7. The van der Waals surface area contributed by atoms with Gasteiger partial charge in [0.25, 0.3) is 11.5 Å². The molecule has 1 N–H and O–H groups in total. The van der Waals surface area contributed by atoms with E-state index >= 15 is 0 Å². The molecule has 0 aliphatic carbocycles. The van der Waals surface area contributed by atoms with Crippen LogP contribution in [0.1, 0.15) is 34.1 Å². The Morgan fingerprint density at radius 1 is 1.36 bits per heavy atom. The molecule has 0 radical (unpaired) electrons. The van der Waals surface area contributed by atoms with Crippen LogP contribution in [0.2, 0.25) is 0 Å². The van der Waals surface area contributed by atoms with Crippen LogP contribution < -0.4 is 10.9 Å². The minimum Gasteiger partial charge on any atom is -0.321 e. The summed E-state index contributed by atoms with van der Waals surface area (Å²) in [4.78, 5) is 30.9. The quantitative estimate of drug-likeness (QED) is 0.581. The van der Waals surface area contributed by atoms with Gasteiger partial charge in [-0.3, -0.25) is 14.2 Å². The molecule has 130 valence electrons. The van der Waals surface area contributed by atoms with E-state index in [2.05, 4.69) is 32.9 Å². The molecule has 25 heavy (non-hydrogen) atoms. The van der Waals surface area contributed by atoms with E-state index in [-0.39, 0.29) is 11.5 Å². The van der Waals surface area contributed by atoms with Gasteiger partial charge in [0.2, 0.25) is 0 Å². The highest BCUT2D eigenvalue weighted by Crippen LogP contribution is 2.28. The Labute approximate surface area is 163 Å². The third-order valence-corrected chi connectivity index (χ3v) is 5.89. The SMILES string of the molecule is CCCn1cnc2sc(C(=O)Nc3ccc(I)cc3C)c(C)c2c1=O. The summed E-state index contributed by atoms with van der Waals surface area (Å²) >= 11 is 3.50. The smallest absolute Gasteiger partial charge is 0.266 e. The summed E-state index contributed by atoms with van der Waals surface area (Å²) in [6.45, 7) is 6.41. The van der Waals surface area contributed by atoms with E-state index in [1.165, 1.54) is 11.3 Å². The van der Waals surface area contributed by atoms with Crippen molar-refractivity contribution in [2.45, 2.75) is 33.7 Å². The maximum Gasteiger partial charge on any atom is 0.266 e. The molecule has 0 fully saturated rings. The van der Waals surface area contributed by atoms with E-state index in [4.69, 9.17) is 0 Å². The number of nitrogens with zero attached hydrogens (tertiary/aromatic N) is 2. The Bertz CT molecular complexity index is 1020. The van der Waals surface area contributed by atoms with Crippen LogP contribution in [0.4, 0.5) is 5.69 Å². The molecule has 1 amide bonds. The van der Waals surface area contributed by atoms with Crippen molar-refractivity contribution in [1.29, 1.82) is 0 Å². The van der Waals surface area contributed by atoms with Gasteiger partial charge in [-0.1, -0.05) is 6.92 Å². The van der Waals surface area contributed by atoms with Gasteiger partial charge in [0, 0.05) is 15.8 Å². The van der Waals surface area contributed by atoms with Crippen molar-refractivity contribution in [1.82, 2.24) is 9.55 Å². The second kappa shape index (κ2) is 7.25. The zero-order valence-corrected chi connectivity index (χ0v) is 17.2. The van der Waals surface area contributed by atoms with Crippen molar-refractivity contribution in [2.75, 3.05) is 5.32 Å². The standard InChI is InChI=1S/C18H18IN3O2S/c1-4-7-22-9-20-17-14(18(22)24)11(3)15(25-17)16(23)21-13-6-5-12(19)8-10(13)2/h5-6,8-9H,4,7H2,1-3H3,(H,21,23). The van der Waals surface area contributed by atoms with Crippen LogP contribution in [-0.2, 0) is 6.54 Å². The summed E-state index contributed by atoms with van der Waals surface area (Å²) in [5.41, 5.74) is 2.40. The highest BCUT2D eigenvalue weighted by Gasteiger charge is 2.20. The fourth-order valence-corrected chi connectivity index (χ4v) is 4.40. The Morgan fingerprint density at radius 2 is 2.12 bits per heavy atom. The number of amides is 1. The number of benzene rings is 1. The highest BCUT2D eigenvalue weighted by atomic mass is 127. The number of carbonyl (C=O) groups excluding carboxylic acids is 1. The number of nitrogens with one attached hydrogen (secondary N) is 1. The first kappa shape index (κ1) is 18.1. The molecule has 0 unspecified atom stereocenters. The van der Waals surface area contributed by atoms with Crippen LogP contribution in [0, 0.1) is 17.4 Å².